The van der Waals surface area contributed by atoms with Gasteiger partial charge >= 0.3 is 0 Å². The maximum Gasteiger partial charge on any atom is 0.126 e. The number of rotatable bonds is 7. The van der Waals surface area contributed by atoms with Crippen LogP contribution in [0.3, 0.4) is 0 Å². The Kier molecular flexibility index (Phi) is 9.56. The van der Waals surface area contributed by atoms with E-state index in [0.29, 0.717) is 10.7 Å². The first-order chi connectivity index (χ1) is 11.7. The normalized spacial score (nSPS) is 11.5. The highest BCUT2D eigenvalue weighted by molar-refractivity contribution is 6.30. The molecule has 0 fully saturated rings. The number of hydrogen-bond acceptors (Lipinski definition) is 5. The van der Waals surface area contributed by atoms with Gasteiger partial charge in [-0.15, -0.1) is 0 Å². The third-order valence-electron chi connectivity index (χ3n) is 2.95. The predicted octanol–water partition coefficient (Wildman–Crippen LogP) is 4.59. The largest absolute Gasteiger partial charge is 0.362 e. The molecule has 24 heavy (non-hydrogen) atoms. The van der Waals surface area contributed by atoms with Crippen molar-refractivity contribution in [2.45, 2.75) is 26.7 Å². The van der Waals surface area contributed by atoms with Crippen LogP contribution in [0.4, 0.5) is 11.4 Å². The molecule has 2 aromatic carbocycles. The van der Waals surface area contributed by atoms with E-state index >= 15 is 0 Å². The number of nitrogens with one attached hydrogen (secondary N) is 2. The van der Waals surface area contributed by atoms with Gasteiger partial charge in [-0.05, 0) is 36.4 Å². The second-order valence-corrected chi connectivity index (χ2v) is 4.99. The van der Waals surface area contributed by atoms with Crippen LogP contribution in [0.5, 0.6) is 0 Å². The van der Waals surface area contributed by atoms with Gasteiger partial charge in [0.05, 0.1) is 12.3 Å². The van der Waals surface area contributed by atoms with Crippen molar-refractivity contribution in [1.82, 2.24) is 0 Å². The monoisotopic (exact) mass is 349 g/mol. The molecule has 0 aliphatic heterocycles. The standard InChI is InChI=1S/C16H18ClN3O2.C2H6/c17-13-5-7-14(8-6-13)19-10-9-16(18)22-11-12-3-1-2-4-15(12)20-21;1-2/h1-10,16,19-21H,11,18H2;1-2H3/b10-9-;. The highest BCUT2D eigenvalue weighted by atomic mass is 35.5. The minimum atomic E-state index is -0.563. The molecular formula is C18H24ClN3O2. The van der Waals surface area contributed by atoms with E-state index in [1.807, 2.05) is 44.2 Å². The molecule has 5 N–H and O–H groups in total. The van der Waals surface area contributed by atoms with E-state index in [1.54, 1.807) is 30.5 Å². The van der Waals surface area contributed by atoms with Crippen molar-refractivity contribution in [1.29, 1.82) is 0 Å². The molecule has 130 valence electrons. The first-order valence-electron chi connectivity index (χ1n) is 7.73. The van der Waals surface area contributed by atoms with Gasteiger partial charge in [0.25, 0.3) is 0 Å². The molecule has 0 amide bonds. The smallest absolute Gasteiger partial charge is 0.126 e. The summed E-state index contributed by atoms with van der Waals surface area (Å²) in [6.07, 6.45) is 2.85. The summed E-state index contributed by atoms with van der Waals surface area (Å²) in [5, 5.41) is 12.8. The molecule has 1 unspecified atom stereocenters. The van der Waals surface area contributed by atoms with Gasteiger partial charge in [-0.25, -0.2) is 0 Å². The first kappa shape index (κ1) is 20.0. The van der Waals surface area contributed by atoms with Gasteiger partial charge in [0.15, 0.2) is 0 Å². The summed E-state index contributed by atoms with van der Waals surface area (Å²) in [6, 6.07) is 14.6. The topological polar surface area (TPSA) is 79.5 Å². The van der Waals surface area contributed by atoms with Crippen molar-refractivity contribution >= 4 is 23.0 Å². The zero-order valence-corrected chi connectivity index (χ0v) is 14.6. The van der Waals surface area contributed by atoms with Crippen molar-refractivity contribution < 1.29 is 9.94 Å². The predicted molar refractivity (Wildman–Crippen MR) is 100 cm³/mol. The highest BCUT2D eigenvalue weighted by Crippen LogP contribution is 2.16. The van der Waals surface area contributed by atoms with E-state index in [4.69, 9.17) is 27.3 Å². The highest BCUT2D eigenvalue weighted by Gasteiger charge is 2.03. The molecule has 0 heterocycles. The van der Waals surface area contributed by atoms with Crippen LogP contribution in [0.25, 0.3) is 0 Å². The fraction of sp³-hybridized carbons (Fsp3) is 0.222. The summed E-state index contributed by atoms with van der Waals surface area (Å²) < 4.78 is 5.51. The molecule has 1 atom stereocenters. The lowest BCUT2D eigenvalue weighted by Gasteiger charge is -2.12. The fourth-order valence-corrected chi connectivity index (χ4v) is 1.91. The number of nitrogens with two attached hydrogens (primary N) is 1. The Hall–Kier alpha value is -2.05. The Bertz CT molecular complexity index is 618. The molecule has 2 aromatic rings. The van der Waals surface area contributed by atoms with Crippen LogP contribution in [0.1, 0.15) is 19.4 Å². The van der Waals surface area contributed by atoms with Crippen LogP contribution < -0.4 is 16.5 Å². The Balaban J connectivity index is 0.00000139. The van der Waals surface area contributed by atoms with Crippen molar-refractivity contribution in [3.8, 4) is 0 Å². The SMILES string of the molecule is CC.NC(/C=C\Nc1ccc(Cl)cc1)OCc1ccccc1NO. The average molecular weight is 350 g/mol. The van der Waals surface area contributed by atoms with Gasteiger partial charge in [0.2, 0.25) is 0 Å². The summed E-state index contributed by atoms with van der Waals surface area (Å²) in [7, 11) is 0. The van der Waals surface area contributed by atoms with E-state index in [2.05, 4.69) is 10.8 Å². The Morgan fingerprint density at radius 2 is 1.83 bits per heavy atom. The summed E-state index contributed by atoms with van der Waals surface area (Å²) in [6.45, 7) is 4.29. The van der Waals surface area contributed by atoms with E-state index in [0.717, 1.165) is 11.3 Å². The van der Waals surface area contributed by atoms with Crippen molar-refractivity contribution in [3.63, 3.8) is 0 Å². The van der Waals surface area contributed by atoms with Gasteiger partial charge in [0.1, 0.15) is 6.23 Å². The quantitative estimate of drug-likeness (QED) is 0.434. The van der Waals surface area contributed by atoms with Crippen LogP contribution in [-0.2, 0) is 11.3 Å². The zero-order chi connectivity index (χ0) is 17.8. The number of benzene rings is 2. The van der Waals surface area contributed by atoms with E-state index in [1.165, 1.54) is 0 Å². The Labute approximate surface area is 148 Å². The van der Waals surface area contributed by atoms with Gasteiger partial charge in [-0.2, -0.15) is 0 Å². The molecule has 0 aromatic heterocycles. The molecule has 0 saturated heterocycles. The Morgan fingerprint density at radius 3 is 2.50 bits per heavy atom. The molecule has 6 heteroatoms. The molecule has 0 aliphatic carbocycles. The second-order valence-electron chi connectivity index (χ2n) is 4.55. The van der Waals surface area contributed by atoms with Gasteiger partial charge in [-0.1, -0.05) is 43.6 Å². The lowest BCUT2D eigenvalue weighted by atomic mass is 10.2. The van der Waals surface area contributed by atoms with Crippen LogP contribution in [-0.4, -0.2) is 11.4 Å². The molecule has 5 nitrogen and oxygen atoms in total. The van der Waals surface area contributed by atoms with Gasteiger partial charge in [-0.3, -0.25) is 10.7 Å². The molecule has 0 saturated carbocycles. The Morgan fingerprint density at radius 1 is 1.17 bits per heavy atom. The van der Waals surface area contributed by atoms with Crippen LogP contribution in [0, 0.1) is 0 Å². The van der Waals surface area contributed by atoms with Crippen LogP contribution in [0.2, 0.25) is 5.02 Å². The zero-order valence-electron chi connectivity index (χ0n) is 13.9. The van der Waals surface area contributed by atoms with Crippen molar-refractivity contribution in [2.75, 3.05) is 10.8 Å². The summed E-state index contributed by atoms with van der Waals surface area (Å²) in [5.41, 5.74) is 10.3. The fourth-order valence-electron chi connectivity index (χ4n) is 1.78. The summed E-state index contributed by atoms with van der Waals surface area (Å²) in [4.78, 5) is 0. The van der Waals surface area contributed by atoms with Crippen LogP contribution >= 0.6 is 11.6 Å². The van der Waals surface area contributed by atoms with Crippen molar-refractivity contribution in [2.24, 2.45) is 5.73 Å². The number of para-hydroxylation sites is 1. The average Bonchev–Trinajstić information content (AvgIpc) is 2.63. The van der Waals surface area contributed by atoms with Gasteiger partial charge < -0.3 is 15.8 Å². The third-order valence-corrected chi connectivity index (χ3v) is 3.20. The molecule has 2 rings (SSSR count). The van der Waals surface area contributed by atoms with Crippen molar-refractivity contribution in [3.05, 3.63) is 71.4 Å². The third kappa shape index (κ3) is 7.02. The number of halogens is 1. The van der Waals surface area contributed by atoms with E-state index in [9.17, 15) is 0 Å². The molecule has 0 radical (unpaired) electrons. The van der Waals surface area contributed by atoms with Crippen LogP contribution in [0.15, 0.2) is 60.8 Å². The van der Waals surface area contributed by atoms with E-state index < -0.39 is 6.23 Å². The first-order valence-corrected chi connectivity index (χ1v) is 8.11. The summed E-state index contributed by atoms with van der Waals surface area (Å²) in [5.74, 6) is 0. The number of hydrogen-bond donors (Lipinski definition) is 4. The minimum absolute atomic E-state index is 0.288. The molecular weight excluding hydrogens is 326 g/mol. The maximum atomic E-state index is 9.00. The molecule has 0 bridgehead atoms. The second kappa shape index (κ2) is 11.5. The van der Waals surface area contributed by atoms with Gasteiger partial charge in [0, 0.05) is 22.5 Å². The minimum Gasteiger partial charge on any atom is -0.362 e. The summed E-state index contributed by atoms with van der Waals surface area (Å²) >= 11 is 5.81. The molecule has 0 aliphatic rings. The number of ether oxygens (including phenoxy) is 1. The van der Waals surface area contributed by atoms with E-state index in [-0.39, 0.29) is 6.61 Å². The number of anilines is 2. The molecule has 0 spiro atoms. The maximum absolute atomic E-state index is 9.00. The lowest BCUT2D eigenvalue weighted by Crippen LogP contribution is -2.21. The lowest BCUT2D eigenvalue weighted by molar-refractivity contribution is 0.0764.